The number of carbonyl (C=O) groups is 1. The average Bonchev–Trinajstić information content (AvgIpc) is 2.97. The molecule has 1 fully saturated rings. The Hall–Kier alpha value is -4.68. The number of hydrogen-bond donors (Lipinski definition) is 1. The minimum atomic E-state index is -0.288. The molecule has 0 aliphatic carbocycles. The van der Waals surface area contributed by atoms with E-state index >= 15 is 0 Å². The normalized spacial score (nSPS) is 13.3. The van der Waals surface area contributed by atoms with Crippen molar-refractivity contribution in [1.29, 1.82) is 5.26 Å². The SMILES string of the molecule is N#Cc1ccc(N2CCN(C(=O)COCc3nc4c(OCc5ccccc5)cccc4c(=O)[nH]3)CC2)cc1. The second kappa shape index (κ2) is 11.6. The van der Waals surface area contributed by atoms with Gasteiger partial charge in [-0.05, 0) is 42.0 Å². The third-order valence-corrected chi connectivity index (χ3v) is 6.44. The van der Waals surface area contributed by atoms with Crippen molar-refractivity contribution in [3.05, 3.63) is 100 Å². The number of nitriles is 1. The van der Waals surface area contributed by atoms with Gasteiger partial charge in [-0.3, -0.25) is 9.59 Å². The monoisotopic (exact) mass is 509 g/mol. The van der Waals surface area contributed by atoms with E-state index in [4.69, 9.17) is 14.7 Å². The van der Waals surface area contributed by atoms with Crippen LogP contribution in [0.4, 0.5) is 5.69 Å². The number of hydrogen-bond acceptors (Lipinski definition) is 7. The number of fused-ring (bicyclic) bond motifs is 1. The van der Waals surface area contributed by atoms with Crippen LogP contribution >= 0.6 is 0 Å². The maximum Gasteiger partial charge on any atom is 0.258 e. The summed E-state index contributed by atoms with van der Waals surface area (Å²) in [5.74, 6) is 0.728. The fourth-order valence-corrected chi connectivity index (χ4v) is 4.39. The minimum absolute atomic E-state index is 0.00482. The van der Waals surface area contributed by atoms with Crippen LogP contribution in [0.2, 0.25) is 0 Å². The van der Waals surface area contributed by atoms with Crippen LogP contribution in [0.25, 0.3) is 10.9 Å². The van der Waals surface area contributed by atoms with Crippen molar-refractivity contribution in [1.82, 2.24) is 14.9 Å². The van der Waals surface area contributed by atoms with Crippen LogP contribution < -0.4 is 15.2 Å². The molecule has 4 aromatic rings. The highest BCUT2D eigenvalue weighted by Crippen LogP contribution is 2.23. The molecule has 0 bridgehead atoms. The van der Waals surface area contributed by atoms with Crippen molar-refractivity contribution in [3.8, 4) is 11.8 Å². The van der Waals surface area contributed by atoms with Gasteiger partial charge in [0.1, 0.15) is 36.9 Å². The van der Waals surface area contributed by atoms with E-state index in [0.29, 0.717) is 60.8 Å². The van der Waals surface area contributed by atoms with E-state index in [0.717, 1.165) is 11.3 Å². The number of benzene rings is 3. The van der Waals surface area contributed by atoms with Gasteiger partial charge in [0.15, 0.2) is 0 Å². The van der Waals surface area contributed by atoms with E-state index in [-0.39, 0.29) is 24.7 Å². The molecule has 1 amide bonds. The van der Waals surface area contributed by atoms with Gasteiger partial charge in [-0.15, -0.1) is 0 Å². The number of aromatic nitrogens is 2. The first-order chi connectivity index (χ1) is 18.6. The van der Waals surface area contributed by atoms with E-state index in [2.05, 4.69) is 20.9 Å². The van der Waals surface area contributed by atoms with Gasteiger partial charge in [0, 0.05) is 31.9 Å². The van der Waals surface area contributed by atoms with E-state index in [1.807, 2.05) is 42.5 Å². The zero-order valence-electron chi connectivity index (χ0n) is 20.8. The van der Waals surface area contributed by atoms with Gasteiger partial charge in [-0.2, -0.15) is 5.26 Å². The van der Waals surface area contributed by atoms with Crippen molar-refractivity contribution in [3.63, 3.8) is 0 Å². The molecule has 38 heavy (non-hydrogen) atoms. The lowest BCUT2D eigenvalue weighted by molar-refractivity contribution is -0.136. The first-order valence-corrected chi connectivity index (χ1v) is 12.4. The smallest absolute Gasteiger partial charge is 0.258 e. The van der Waals surface area contributed by atoms with E-state index in [9.17, 15) is 9.59 Å². The largest absolute Gasteiger partial charge is 0.487 e. The molecular weight excluding hydrogens is 482 g/mol. The summed E-state index contributed by atoms with van der Waals surface area (Å²) in [5, 5.41) is 9.39. The number of amides is 1. The van der Waals surface area contributed by atoms with Crippen molar-refractivity contribution < 1.29 is 14.3 Å². The number of H-pyrrole nitrogens is 1. The first-order valence-electron chi connectivity index (χ1n) is 12.4. The number of ether oxygens (including phenoxy) is 2. The fraction of sp³-hybridized carbons (Fsp3) is 0.241. The molecule has 2 heterocycles. The zero-order chi connectivity index (χ0) is 26.3. The Morgan fingerprint density at radius 2 is 1.71 bits per heavy atom. The van der Waals surface area contributed by atoms with Crippen LogP contribution in [0.15, 0.2) is 77.6 Å². The molecule has 0 saturated carbocycles. The number of rotatable bonds is 8. The summed E-state index contributed by atoms with van der Waals surface area (Å²) in [7, 11) is 0. The van der Waals surface area contributed by atoms with Gasteiger partial charge in [-0.25, -0.2) is 4.98 Å². The van der Waals surface area contributed by atoms with E-state index in [1.165, 1.54) is 0 Å². The summed E-state index contributed by atoms with van der Waals surface area (Å²) in [6.07, 6.45) is 0. The molecule has 1 aliphatic heterocycles. The molecule has 1 saturated heterocycles. The maximum atomic E-state index is 12.7. The van der Waals surface area contributed by atoms with Gasteiger partial charge in [-0.1, -0.05) is 36.4 Å². The van der Waals surface area contributed by atoms with Crippen LogP contribution in [-0.4, -0.2) is 53.6 Å². The number of carbonyl (C=O) groups excluding carboxylic acids is 1. The van der Waals surface area contributed by atoms with Crippen LogP contribution in [0, 0.1) is 11.3 Å². The molecule has 1 N–H and O–H groups in total. The van der Waals surface area contributed by atoms with Crippen molar-refractivity contribution in [2.45, 2.75) is 13.2 Å². The molecular formula is C29H27N5O4. The molecule has 9 nitrogen and oxygen atoms in total. The standard InChI is InChI=1S/C29H27N5O4/c30-17-21-9-11-23(12-10-21)33-13-15-34(16-14-33)27(35)20-37-19-26-31-28-24(29(36)32-26)7-4-8-25(28)38-18-22-5-2-1-3-6-22/h1-12H,13-16,18-20H2,(H,31,32,36). The number of nitrogens with one attached hydrogen (secondary N) is 1. The second-order valence-corrected chi connectivity index (χ2v) is 8.96. The van der Waals surface area contributed by atoms with Gasteiger partial charge < -0.3 is 24.3 Å². The van der Waals surface area contributed by atoms with Gasteiger partial charge in [0.25, 0.3) is 5.56 Å². The van der Waals surface area contributed by atoms with Crippen LogP contribution in [0.3, 0.4) is 0 Å². The Labute approximate surface area is 219 Å². The lowest BCUT2D eigenvalue weighted by Crippen LogP contribution is -2.49. The topological polar surface area (TPSA) is 112 Å². The number of anilines is 1. The predicted molar refractivity (Wildman–Crippen MR) is 143 cm³/mol. The molecule has 3 aromatic carbocycles. The first kappa shape index (κ1) is 25.0. The summed E-state index contributed by atoms with van der Waals surface area (Å²) in [5.41, 5.74) is 2.83. The molecule has 0 unspecified atom stereocenters. The van der Waals surface area contributed by atoms with Crippen molar-refractivity contribution in [2.75, 3.05) is 37.7 Å². The van der Waals surface area contributed by atoms with Crippen LogP contribution in [0.1, 0.15) is 17.0 Å². The van der Waals surface area contributed by atoms with Gasteiger partial charge in [0.05, 0.1) is 17.0 Å². The molecule has 1 aromatic heterocycles. The summed E-state index contributed by atoms with van der Waals surface area (Å²) in [6, 6.07) is 24.6. The molecule has 0 spiro atoms. The average molecular weight is 510 g/mol. The fourth-order valence-electron chi connectivity index (χ4n) is 4.39. The van der Waals surface area contributed by atoms with Crippen LogP contribution in [-0.2, 0) is 22.7 Å². The third kappa shape index (κ3) is 5.82. The van der Waals surface area contributed by atoms with Gasteiger partial charge >= 0.3 is 0 Å². The molecule has 0 atom stereocenters. The summed E-state index contributed by atoms with van der Waals surface area (Å²) < 4.78 is 11.6. The Bertz CT molecular complexity index is 1500. The Morgan fingerprint density at radius 1 is 0.947 bits per heavy atom. The Balaban J connectivity index is 1.16. The van der Waals surface area contributed by atoms with Crippen molar-refractivity contribution in [2.24, 2.45) is 0 Å². The van der Waals surface area contributed by atoms with Crippen LogP contribution in [0.5, 0.6) is 5.75 Å². The number of aromatic amines is 1. The second-order valence-electron chi connectivity index (χ2n) is 8.96. The molecule has 5 rings (SSSR count). The quantitative estimate of drug-likeness (QED) is 0.388. The summed E-state index contributed by atoms with van der Waals surface area (Å²) in [6.45, 7) is 2.80. The Morgan fingerprint density at radius 3 is 2.45 bits per heavy atom. The predicted octanol–water partition coefficient (Wildman–Crippen LogP) is 3.24. The maximum absolute atomic E-state index is 12.7. The number of para-hydroxylation sites is 1. The lowest BCUT2D eigenvalue weighted by Gasteiger charge is -2.36. The molecule has 1 aliphatic rings. The molecule has 9 heteroatoms. The van der Waals surface area contributed by atoms with Gasteiger partial charge in [0.2, 0.25) is 5.91 Å². The highest BCUT2D eigenvalue weighted by atomic mass is 16.5. The summed E-state index contributed by atoms with van der Waals surface area (Å²) >= 11 is 0. The van der Waals surface area contributed by atoms with Crippen molar-refractivity contribution >= 4 is 22.5 Å². The third-order valence-electron chi connectivity index (χ3n) is 6.44. The highest BCUT2D eigenvalue weighted by Gasteiger charge is 2.21. The molecule has 0 radical (unpaired) electrons. The minimum Gasteiger partial charge on any atom is -0.487 e. The summed E-state index contributed by atoms with van der Waals surface area (Å²) in [4.78, 5) is 36.6. The number of piperazine rings is 1. The van der Waals surface area contributed by atoms with E-state index in [1.54, 1.807) is 35.2 Å². The zero-order valence-corrected chi connectivity index (χ0v) is 20.8. The Kier molecular flexibility index (Phi) is 7.62. The lowest BCUT2D eigenvalue weighted by atomic mass is 10.2. The highest BCUT2D eigenvalue weighted by molar-refractivity contribution is 5.83. The van der Waals surface area contributed by atoms with E-state index < -0.39 is 0 Å². The molecule has 192 valence electrons. The number of nitrogens with zero attached hydrogens (tertiary/aromatic N) is 4.